The van der Waals surface area contributed by atoms with Crippen LogP contribution in [-0.4, -0.2) is 99.9 Å². The van der Waals surface area contributed by atoms with Gasteiger partial charge in [0.15, 0.2) is 18.0 Å². The van der Waals surface area contributed by atoms with E-state index in [4.69, 9.17) is 28.4 Å². The number of ketones is 1. The van der Waals surface area contributed by atoms with Crippen LogP contribution in [0.25, 0.3) is 0 Å². The van der Waals surface area contributed by atoms with Gasteiger partial charge in [0.05, 0.1) is 41.3 Å². The molecule has 0 radical (unpaired) electrons. The van der Waals surface area contributed by atoms with Crippen LogP contribution < -0.4 is 0 Å². The first kappa shape index (κ1) is 37.4. The Kier molecular flexibility index (Phi) is 10.5. The normalized spacial score (nSPS) is 35.6. The van der Waals surface area contributed by atoms with Gasteiger partial charge in [-0.05, 0) is 46.2 Å². The second kappa shape index (κ2) is 13.5. The summed E-state index contributed by atoms with van der Waals surface area (Å²) < 4.78 is 37.2. The van der Waals surface area contributed by atoms with Crippen molar-refractivity contribution in [3.63, 3.8) is 0 Å². The van der Waals surface area contributed by atoms with Gasteiger partial charge in [-0.3, -0.25) is 19.2 Å². The molecule has 48 heavy (non-hydrogen) atoms. The monoisotopic (exact) mass is 676 g/mol. The van der Waals surface area contributed by atoms with Crippen molar-refractivity contribution < 1.29 is 62.6 Å². The Balaban J connectivity index is 2.14. The van der Waals surface area contributed by atoms with Crippen LogP contribution in [0.2, 0.25) is 0 Å². The van der Waals surface area contributed by atoms with E-state index in [0.717, 1.165) is 13.8 Å². The van der Waals surface area contributed by atoms with Crippen LogP contribution in [0.15, 0.2) is 30.3 Å². The van der Waals surface area contributed by atoms with Gasteiger partial charge in [-0.15, -0.1) is 0 Å². The molecule has 4 rings (SSSR count). The molecule has 1 aromatic rings. The van der Waals surface area contributed by atoms with Gasteiger partial charge in [-0.2, -0.15) is 0 Å². The molecular weight excluding hydrogens is 628 g/mol. The summed E-state index contributed by atoms with van der Waals surface area (Å²) in [4.78, 5) is 65.5. The molecule has 1 aliphatic heterocycles. The lowest BCUT2D eigenvalue weighted by Gasteiger charge is -2.66. The van der Waals surface area contributed by atoms with E-state index in [1.54, 1.807) is 52.8 Å². The summed E-state index contributed by atoms with van der Waals surface area (Å²) in [5.41, 5.74) is -7.69. The molecule has 2 aliphatic carbocycles. The zero-order chi connectivity index (χ0) is 36.0. The van der Waals surface area contributed by atoms with Crippen LogP contribution in [-0.2, 0) is 47.6 Å². The van der Waals surface area contributed by atoms with Gasteiger partial charge >= 0.3 is 23.9 Å². The molecule has 266 valence electrons. The Bertz CT molecular complexity index is 1400. The number of hydrogen-bond donors (Lipinski definition) is 2. The van der Waals surface area contributed by atoms with E-state index in [9.17, 15) is 34.2 Å². The fourth-order valence-electron chi connectivity index (χ4n) is 8.14. The number of carbonyl (C=O) groups is 5. The fraction of sp³-hybridized carbons (Fsp3) is 0.686. The summed E-state index contributed by atoms with van der Waals surface area (Å²) in [6, 6.07) is 7.96. The summed E-state index contributed by atoms with van der Waals surface area (Å²) in [5, 5.41) is 25.0. The average molecular weight is 677 g/mol. The molecule has 2 bridgehead atoms. The van der Waals surface area contributed by atoms with E-state index in [1.807, 2.05) is 0 Å². The van der Waals surface area contributed by atoms with E-state index >= 15 is 0 Å². The molecule has 2 N–H and O–H groups in total. The van der Waals surface area contributed by atoms with Crippen molar-refractivity contribution in [1.29, 1.82) is 0 Å². The highest BCUT2D eigenvalue weighted by molar-refractivity contribution is 5.89. The molecule has 3 unspecified atom stereocenters. The molecule has 1 heterocycles. The lowest BCUT2D eigenvalue weighted by Crippen LogP contribution is -2.85. The van der Waals surface area contributed by atoms with Crippen molar-refractivity contribution in [3.8, 4) is 0 Å². The molecule has 2 saturated carbocycles. The number of Topliss-reactive ketones (excluding diaryl/α,β-unsaturated/α-hetero) is 1. The average Bonchev–Trinajstić information content (AvgIpc) is 3.16. The van der Waals surface area contributed by atoms with Gasteiger partial charge in [-0.1, -0.05) is 39.0 Å². The van der Waals surface area contributed by atoms with E-state index in [0.29, 0.717) is 0 Å². The van der Waals surface area contributed by atoms with Gasteiger partial charge in [-0.25, -0.2) is 4.79 Å². The van der Waals surface area contributed by atoms with Crippen LogP contribution >= 0.6 is 0 Å². The second-order valence-corrected chi connectivity index (χ2v) is 14.2. The third-order valence-corrected chi connectivity index (χ3v) is 10.0. The van der Waals surface area contributed by atoms with Crippen molar-refractivity contribution >= 4 is 29.7 Å². The molecule has 0 aromatic heterocycles. The first-order valence-corrected chi connectivity index (χ1v) is 16.3. The first-order chi connectivity index (χ1) is 22.3. The number of fused-ring (bicyclic) bond motifs is 1. The molecule has 13 heteroatoms. The van der Waals surface area contributed by atoms with Crippen LogP contribution in [0.5, 0.6) is 0 Å². The van der Waals surface area contributed by atoms with Crippen molar-refractivity contribution in [3.05, 3.63) is 35.9 Å². The number of benzene rings is 1. The van der Waals surface area contributed by atoms with E-state index in [2.05, 4.69) is 0 Å². The quantitative estimate of drug-likeness (QED) is 0.258. The summed E-state index contributed by atoms with van der Waals surface area (Å²) in [7, 11) is 0. The number of rotatable bonds is 11. The Morgan fingerprint density at radius 2 is 1.52 bits per heavy atom. The molecule has 10 atom stereocenters. The Hall–Kier alpha value is -3.39. The minimum atomic E-state index is -2.18. The second-order valence-electron chi connectivity index (χ2n) is 14.2. The molecule has 3 fully saturated rings. The largest absolute Gasteiger partial charge is 0.458 e. The third kappa shape index (κ3) is 6.14. The first-order valence-electron chi connectivity index (χ1n) is 16.3. The number of aliphatic hydroxyl groups is 2. The predicted molar refractivity (Wildman–Crippen MR) is 167 cm³/mol. The summed E-state index contributed by atoms with van der Waals surface area (Å²) in [5.74, 6) is -5.31. The highest BCUT2D eigenvalue weighted by atomic mass is 16.6. The highest BCUT2D eigenvalue weighted by Crippen LogP contribution is 2.69. The maximum atomic E-state index is 14.0. The molecule has 1 spiro atoms. The number of ether oxygens (including phenoxy) is 6. The van der Waals surface area contributed by atoms with E-state index in [-0.39, 0.29) is 24.2 Å². The zero-order valence-corrected chi connectivity index (χ0v) is 29.0. The molecular formula is C35H48O13. The minimum absolute atomic E-state index is 0.119. The number of aliphatic hydroxyl groups excluding tert-OH is 1. The van der Waals surface area contributed by atoms with Gasteiger partial charge in [0.1, 0.15) is 29.3 Å². The van der Waals surface area contributed by atoms with Crippen LogP contribution in [0.4, 0.5) is 0 Å². The molecule has 0 amide bonds. The maximum absolute atomic E-state index is 14.0. The number of carbonyl (C=O) groups excluding carboxylic acids is 5. The van der Waals surface area contributed by atoms with Crippen LogP contribution in [0.3, 0.4) is 0 Å². The van der Waals surface area contributed by atoms with Crippen molar-refractivity contribution in [1.82, 2.24) is 0 Å². The third-order valence-electron chi connectivity index (χ3n) is 10.0. The van der Waals surface area contributed by atoms with E-state index < -0.39 is 101 Å². The fourth-order valence-corrected chi connectivity index (χ4v) is 8.14. The molecule has 13 nitrogen and oxygen atoms in total. The van der Waals surface area contributed by atoms with Crippen molar-refractivity contribution in [2.24, 2.45) is 17.3 Å². The minimum Gasteiger partial charge on any atom is -0.458 e. The van der Waals surface area contributed by atoms with Gasteiger partial charge in [0, 0.05) is 20.3 Å². The Morgan fingerprint density at radius 3 is 2.04 bits per heavy atom. The standard InChI is InChI=1S/C35H48O13/c1-10-23(19(4)36)43-17-34-28(45-21(6)38)24(44-20(5)37)16-33(9,42)35(34)27(39)25(32(7,8)48-35)26(46-30(40)18(2)3)29(34)47-31(41)22-14-12-11-13-15-22/h11-15,18,23-29,39,42H,10,16-17H2,1-9H3/t23?,24-,25?,26-,27+,28-,29+,33-,34-,35?/m0/s1. The highest BCUT2D eigenvalue weighted by Gasteiger charge is 2.87. The van der Waals surface area contributed by atoms with Crippen molar-refractivity contribution in [2.45, 2.75) is 129 Å². The summed E-state index contributed by atoms with van der Waals surface area (Å²) >= 11 is 0. The van der Waals surface area contributed by atoms with Crippen LogP contribution in [0, 0.1) is 17.3 Å². The SMILES string of the molecule is CCC(OC[C@]12[C@H](OC(=O)c3ccccc3)[C@@H](OC(=O)C(C)C)C3[C@@H](O)C1(OC3(C)C)[C@@](C)(O)C[C@H](OC(C)=O)[C@@H]2OC(C)=O)C(C)=O. The van der Waals surface area contributed by atoms with Crippen molar-refractivity contribution in [2.75, 3.05) is 6.61 Å². The summed E-state index contributed by atoms with van der Waals surface area (Å²) in [6.45, 7) is 12.5. The predicted octanol–water partition coefficient (Wildman–Crippen LogP) is 2.71. The molecule has 1 aromatic carbocycles. The van der Waals surface area contributed by atoms with Crippen LogP contribution in [0.1, 0.15) is 85.5 Å². The Labute approximate surface area is 280 Å². The lowest BCUT2D eigenvalue weighted by atomic mass is 9.45. The summed E-state index contributed by atoms with van der Waals surface area (Å²) in [6.07, 6.45) is -9.02. The topological polar surface area (TPSA) is 181 Å². The van der Waals surface area contributed by atoms with Gasteiger partial charge in [0.2, 0.25) is 0 Å². The zero-order valence-electron chi connectivity index (χ0n) is 29.0. The molecule has 1 saturated heterocycles. The number of esters is 4. The Morgan fingerprint density at radius 1 is 0.917 bits per heavy atom. The number of hydrogen-bond acceptors (Lipinski definition) is 13. The smallest absolute Gasteiger partial charge is 0.338 e. The van der Waals surface area contributed by atoms with Gasteiger partial charge in [0.25, 0.3) is 0 Å². The van der Waals surface area contributed by atoms with E-state index in [1.165, 1.54) is 26.0 Å². The maximum Gasteiger partial charge on any atom is 0.338 e. The van der Waals surface area contributed by atoms with Gasteiger partial charge < -0.3 is 38.6 Å². The molecule has 3 aliphatic rings. The lowest BCUT2D eigenvalue weighted by molar-refractivity contribution is -0.365.